The Hall–Kier alpha value is -2.47. The predicted molar refractivity (Wildman–Crippen MR) is 90.4 cm³/mol. The molecule has 0 bridgehead atoms. The zero-order valence-corrected chi connectivity index (χ0v) is 13.8. The summed E-state index contributed by atoms with van der Waals surface area (Å²) in [6, 6.07) is 12.4. The number of pyridine rings is 1. The first-order chi connectivity index (χ1) is 12.2. The number of amides is 1. The van der Waals surface area contributed by atoms with Gasteiger partial charge in [-0.25, -0.2) is 9.18 Å². The molecule has 2 aromatic rings. The third-order valence-electron chi connectivity index (χ3n) is 4.87. The number of aromatic nitrogens is 1. The van der Waals surface area contributed by atoms with Crippen LogP contribution in [0.2, 0.25) is 0 Å². The van der Waals surface area contributed by atoms with Gasteiger partial charge in [0.2, 0.25) is 0 Å². The molecule has 1 aromatic heterocycles. The second-order valence-corrected chi connectivity index (χ2v) is 6.57. The van der Waals surface area contributed by atoms with Gasteiger partial charge in [-0.1, -0.05) is 18.2 Å². The molecule has 2 fully saturated rings. The van der Waals surface area contributed by atoms with Crippen molar-refractivity contribution >= 4 is 6.09 Å². The maximum absolute atomic E-state index is 13.0. The molecule has 130 valence electrons. The van der Waals surface area contributed by atoms with E-state index in [0.717, 1.165) is 30.9 Å². The molecule has 0 radical (unpaired) electrons. The second-order valence-electron chi connectivity index (χ2n) is 6.57. The van der Waals surface area contributed by atoms with E-state index in [-0.39, 0.29) is 24.1 Å². The van der Waals surface area contributed by atoms with E-state index in [2.05, 4.69) is 9.88 Å². The zero-order chi connectivity index (χ0) is 17.2. The molecule has 0 N–H and O–H groups in total. The first-order valence-electron chi connectivity index (χ1n) is 8.53. The van der Waals surface area contributed by atoms with Crippen molar-refractivity contribution in [1.29, 1.82) is 0 Å². The van der Waals surface area contributed by atoms with Crippen LogP contribution in [-0.4, -0.2) is 52.7 Å². The van der Waals surface area contributed by atoms with E-state index in [1.54, 1.807) is 18.3 Å². The largest absolute Gasteiger partial charge is 0.442 e. The molecule has 2 aliphatic heterocycles. The molecule has 5 nitrogen and oxygen atoms in total. The number of likely N-dealkylation sites (tertiary alicyclic amines) is 1. The fourth-order valence-corrected chi connectivity index (χ4v) is 3.59. The Morgan fingerprint density at radius 2 is 2.00 bits per heavy atom. The van der Waals surface area contributed by atoms with Gasteiger partial charge in [0.15, 0.2) is 0 Å². The molecule has 0 spiro atoms. The highest BCUT2D eigenvalue weighted by atomic mass is 19.1. The van der Waals surface area contributed by atoms with Gasteiger partial charge in [-0.05, 0) is 36.2 Å². The lowest BCUT2D eigenvalue weighted by Crippen LogP contribution is -2.39. The van der Waals surface area contributed by atoms with Crippen molar-refractivity contribution in [3.8, 4) is 0 Å². The van der Waals surface area contributed by atoms with Crippen molar-refractivity contribution < 1.29 is 13.9 Å². The van der Waals surface area contributed by atoms with Crippen LogP contribution in [0.3, 0.4) is 0 Å². The van der Waals surface area contributed by atoms with Gasteiger partial charge in [0.25, 0.3) is 0 Å². The van der Waals surface area contributed by atoms with Crippen molar-refractivity contribution in [2.24, 2.45) is 0 Å². The lowest BCUT2D eigenvalue weighted by atomic mass is 10.1. The van der Waals surface area contributed by atoms with E-state index >= 15 is 0 Å². The van der Waals surface area contributed by atoms with Crippen molar-refractivity contribution in [2.75, 3.05) is 19.6 Å². The van der Waals surface area contributed by atoms with Gasteiger partial charge in [0.1, 0.15) is 11.9 Å². The van der Waals surface area contributed by atoms with Crippen molar-refractivity contribution in [1.82, 2.24) is 14.8 Å². The Balaban J connectivity index is 1.37. The average molecular weight is 341 g/mol. The van der Waals surface area contributed by atoms with Gasteiger partial charge in [-0.2, -0.15) is 0 Å². The summed E-state index contributed by atoms with van der Waals surface area (Å²) in [6.45, 7) is 2.87. The summed E-state index contributed by atoms with van der Waals surface area (Å²) >= 11 is 0. The number of nitrogens with zero attached hydrogens (tertiary/aromatic N) is 3. The number of hydrogen-bond acceptors (Lipinski definition) is 4. The van der Waals surface area contributed by atoms with Gasteiger partial charge in [-0.15, -0.1) is 0 Å². The molecule has 0 unspecified atom stereocenters. The second kappa shape index (κ2) is 6.80. The molecule has 0 aliphatic carbocycles. The summed E-state index contributed by atoms with van der Waals surface area (Å²) in [6.07, 6.45) is 2.17. The van der Waals surface area contributed by atoms with Crippen LogP contribution in [-0.2, 0) is 17.7 Å². The molecule has 2 atom stereocenters. The number of hydrogen-bond donors (Lipinski definition) is 0. The average Bonchev–Trinajstić information content (AvgIpc) is 3.12. The van der Waals surface area contributed by atoms with Crippen LogP contribution in [0.1, 0.15) is 11.3 Å². The quantitative estimate of drug-likeness (QED) is 0.838. The summed E-state index contributed by atoms with van der Waals surface area (Å²) < 4.78 is 18.5. The Kier molecular flexibility index (Phi) is 4.36. The van der Waals surface area contributed by atoms with Crippen molar-refractivity contribution in [2.45, 2.75) is 25.1 Å². The van der Waals surface area contributed by atoms with Gasteiger partial charge in [0, 0.05) is 32.4 Å². The molecule has 3 heterocycles. The first-order valence-corrected chi connectivity index (χ1v) is 8.53. The lowest BCUT2D eigenvalue weighted by molar-refractivity contribution is 0.120. The van der Waals surface area contributed by atoms with Crippen LogP contribution in [0.4, 0.5) is 9.18 Å². The van der Waals surface area contributed by atoms with Crippen LogP contribution in [0, 0.1) is 5.82 Å². The summed E-state index contributed by atoms with van der Waals surface area (Å²) in [5, 5.41) is 0. The minimum atomic E-state index is -0.245. The molecule has 25 heavy (non-hydrogen) atoms. The van der Waals surface area contributed by atoms with Crippen LogP contribution in [0.5, 0.6) is 0 Å². The van der Waals surface area contributed by atoms with Crippen LogP contribution < -0.4 is 0 Å². The van der Waals surface area contributed by atoms with E-state index in [4.69, 9.17) is 4.74 Å². The van der Waals surface area contributed by atoms with E-state index in [1.807, 2.05) is 23.1 Å². The number of carbonyl (C=O) groups is 1. The molecule has 6 heteroatoms. The van der Waals surface area contributed by atoms with E-state index in [1.165, 1.54) is 12.1 Å². The first kappa shape index (κ1) is 16.0. The van der Waals surface area contributed by atoms with E-state index in [9.17, 15) is 9.18 Å². The maximum Gasteiger partial charge on any atom is 0.410 e. The molecule has 2 saturated heterocycles. The van der Waals surface area contributed by atoms with Gasteiger partial charge in [0.05, 0.1) is 11.7 Å². The molecule has 1 aromatic carbocycles. The number of rotatable bonds is 5. The highest BCUT2D eigenvalue weighted by Crippen LogP contribution is 2.28. The minimum Gasteiger partial charge on any atom is -0.442 e. The Labute approximate surface area is 146 Å². The molecule has 2 aliphatic rings. The van der Waals surface area contributed by atoms with Gasteiger partial charge in [-0.3, -0.25) is 14.8 Å². The van der Waals surface area contributed by atoms with Crippen molar-refractivity contribution in [3.05, 3.63) is 65.7 Å². The third-order valence-corrected chi connectivity index (χ3v) is 4.87. The van der Waals surface area contributed by atoms with E-state index in [0.29, 0.717) is 13.0 Å². The highest BCUT2D eigenvalue weighted by Gasteiger charge is 2.47. The van der Waals surface area contributed by atoms with Gasteiger partial charge >= 0.3 is 6.09 Å². The molecule has 4 rings (SSSR count). The Morgan fingerprint density at radius 1 is 1.16 bits per heavy atom. The Bertz CT molecular complexity index is 738. The van der Waals surface area contributed by atoms with Crippen LogP contribution >= 0.6 is 0 Å². The number of benzene rings is 1. The summed E-state index contributed by atoms with van der Waals surface area (Å²) in [7, 11) is 0. The Morgan fingerprint density at radius 3 is 2.76 bits per heavy atom. The number of carbonyl (C=O) groups excluding carboxylic acids is 1. The highest BCUT2D eigenvalue weighted by molar-refractivity contribution is 5.71. The van der Waals surface area contributed by atoms with Gasteiger partial charge < -0.3 is 4.74 Å². The molecular formula is C19H20FN3O2. The van der Waals surface area contributed by atoms with Crippen LogP contribution in [0.15, 0.2) is 48.7 Å². The minimum absolute atomic E-state index is 0.0792. The summed E-state index contributed by atoms with van der Waals surface area (Å²) in [5.41, 5.74) is 2.03. The lowest BCUT2D eigenvalue weighted by Gasteiger charge is -2.22. The van der Waals surface area contributed by atoms with Crippen molar-refractivity contribution in [3.63, 3.8) is 0 Å². The third kappa shape index (κ3) is 3.49. The molecule has 1 amide bonds. The monoisotopic (exact) mass is 341 g/mol. The fraction of sp³-hybridized carbons (Fsp3) is 0.368. The predicted octanol–water partition coefficient (Wildman–Crippen LogP) is 2.47. The molecule has 0 saturated carbocycles. The number of ether oxygens (including phenoxy) is 1. The molecular weight excluding hydrogens is 321 g/mol. The fourth-order valence-electron chi connectivity index (χ4n) is 3.59. The smallest absolute Gasteiger partial charge is 0.410 e. The topological polar surface area (TPSA) is 45.7 Å². The number of halogens is 1. The summed E-state index contributed by atoms with van der Waals surface area (Å²) in [4.78, 5) is 20.6. The summed E-state index contributed by atoms with van der Waals surface area (Å²) in [5.74, 6) is -0.245. The van der Waals surface area contributed by atoms with E-state index < -0.39 is 0 Å². The standard InChI is InChI=1S/C19H20FN3O2/c20-15-6-4-14(5-7-15)8-10-23-17-12-22(13-18(17)25-19(23)24)11-16-3-1-2-9-21-16/h1-7,9,17-18H,8,10-13H2/t17-,18+/m0/s1. The number of fused-ring (bicyclic) bond motifs is 1. The normalized spacial score (nSPS) is 22.9. The SMILES string of the molecule is O=C1O[C@@H]2CN(Cc3ccccn3)C[C@@H]2N1CCc1ccc(F)cc1. The zero-order valence-electron chi connectivity index (χ0n) is 13.8. The van der Waals surface area contributed by atoms with Crippen LogP contribution in [0.25, 0.3) is 0 Å². The maximum atomic E-state index is 13.0.